The summed E-state index contributed by atoms with van der Waals surface area (Å²) >= 11 is 0. The third kappa shape index (κ3) is 26.2. The molecule has 0 aliphatic heterocycles. The van der Waals surface area contributed by atoms with Gasteiger partial charge in [0.2, 0.25) is 0 Å². The van der Waals surface area contributed by atoms with Crippen molar-refractivity contribution < 1.29 is 9.47 Å². The Balaban J connectivity index is 3.55. The van der Waals surface area contributed by atoms with Gasteiger partial charge < -0.3 is 14.4 Å². The fourth-order valence-corrected chi connectivity index (χ4v) is 4.15. The molecule has 0 aromatic heterocycles. The molecule has 0 spiro atoms. The Labute approximate surface area is 221 Å². The highest BCUT2D eigenvalue weighted by Gasteiger charge is 2.14. The minimum atomic E-state index is 0.349. The van der Waals surface area contributed by atoms with Gasteiger partial charge in [0.1, 0.15) is 0 Å². The maximum Gasteiger partial charge on any atom is 0.0647 e. The lowest BCUT2D eigenvalue weighted by Crippen LogP contribution is -2.37. The zero-order valence-electron chi connectivity index (χ0n) is 24.6. The van der Waals surface area contributed by atoms with Gasteiger partial charge in [0.25, 0.3) is 0 Å². The van der Waals surface area contributed by atoms with Crippen LogP contribution in [0.4, 0.5) is 0 Å². The van der Waals surface area contributed by atoms with E-state index in [9.17, 15) is 0 Å². The Hall–Kier alpha value is -0.640. The van der Waals surface area contributed by atoms with E-state index in [1.165, 1.54) is 109 Å². The molecule has 0 aliphatic rings. The minimum Gasteiger partial charge on any atom is -0.380 e. The maximum atomic E-state index is 6.13. The maximum absolute atomic E-state index is 6.13. The second kappa shape index (κ2) is 27.9. The molecular weight excluding hydrogens is 430 g/mol. The van der Waals surface area contributed by atoms with Crippen LogP contribution in [0.15, 0.2) is 24.3 Å². The van der Waals surface area contributed by atoms with Crippen LogP contribution in [-0.2, 0) is 9.47 Å². The molecule has 208 valence electrons. The highest BCUT2D eigenvalue weighted by atomic mass is 16.5. The molecule has 0 aromatic carbocycles. The first-order chi connectivity index (χ1) is 17.1. The molecule has 0 aliphatic carbocycles. The van der Waals surface area contributed by atoms with Crippen LogP contribution in [0.5, 0.6) is 0 Å². The van der Waals surface area contributed by atoms with Crippen LogP contribution in [0.25, 0.3) is 0 Å². The highest BCUT2D eigenvalue weighted by Crippen LogP contribution is 2.11. The molecule has 0 saturated carbocycles. The van der Waals surface area contributed by atoms with Crippen molar-refractivity contribution in [2.75, 3.05) is 33.9 Å². The SMILES string of the molecule is CCCCCC=CCC=CCCCCCCCCOC[C@H](COC(C)CCCCCCC)N(C)C. The zero-order valence-corrected chi connectivity index (χ0v) is 24.6. The normalized spacial score (nSPS) is 14.0. The first-order valence-electron chi connectivity index (χ1n) is 15.3. The summed E-state index contributed by atoms with van der Waals surface area (Å²) < 4.78 is 12.1. The van der Waals surface area contributed by atoms with Gasteiger partial charge in [-0.1, -0.05) is 109 Å². The van der Waals surface area contributed by atoms with Crippen LogP contribution in [0.3, 0.4) is 0 Å². The monoisotopic (exact) mass is 493 g/mol. The summed E-state index contributed by atoms with van der Waals surface area (Å²) in [7, 11) is 4.26. The van der Waals surface area contributed by atoms with Gasteiger partial charge in [-0.2, -0.15) is 0 Å². The summed E-state index contributed by atoms with van der Waals surface area (Å²) in [5.74, 6) is 0. The van der Waals surface area contributed by atoms with E-state index >= 15 is 0 Å². The molecule has 0 heterocycles. The van der Waals surface area contributed by atoms with E-state index in [1.54, 1.807) is 0 Å². The highest BCUT2D eigenvalue weighted by molar-refractivity contribution is 4.92. The molecule has 2 atom stereocenters. The number of nitrogens with zero attached hydrogens (tertiary/aromatic N) is 1. The van der Waals surface area contributed by atoms with Gasteiger partial charge in [-0.3, -0.25) is 0 Å². The van der Waals surface area contributed by atoms with Crippen molar-refractivity contribution in [3.63, 3.8) is 0 Å². The standard InChI is InChI=1S/C32H63NO2/c1-6-8-10-12-13-14-15-16-17-18-19-20-21-22-24-26-28-34-29-32(33(4)5)30-35-31(3)27-25-23-11-9-7-2/h13-14,16-17,31-32H,6-12,15,18-30H2,1-5H3/t31?,32-/m1/s1. The molecular formula is C32H63NO2. The van der Waals surface area contributed by atoms with Crippen LogP contribution < -0.4 is 0 Å². The first-order valence-corrected chi connectivity index (χ1v) is 15.3. The van der Waals surface area contributed by atoms with Gasteiger partial charge >= 0.3 is 0 Å². The van der Waals surface area contributed by atoms with Crippen molar-refractivity contribution in [3.8, 4) is 0 Å². The number of hydrogen-bond donors (Lipinski definition) is 0. The molecule has 0 fully saturated rings. The van der Waals surface area contributed by atoms with Crippen molar-refractivity contribution in [1.82, 2.24) is 4.90 Å². The molecule has 35 heavy (non-hydrogen) atoms. The zero-order chi connectivity index (χ0) is 25.8. The molecule has 0 amide bonds. The second-order valence-electron chi connectivity index (χ2n) is 10.6. The number of ether oxygens (including phenoxy) is 2. The lowest BCUT2D eigenvalue weighted by atomic mass is 10.1. The Morgan fingerprint density at radius 3 is 1.83 bits per heavy atom. The quantitative estimate of drug-likeness (QED) is 0.0839. The summed E-state index contributed by atoms with van der Waals surface area (Å²) in [5, 5.41) is 0. The van der Waals surface area contributed by atoms with Gasteiger partial charge in [0.15, 0.2) is 0 Å². The Kier molecular flexibility index (Phi) is 27.4. The van der Waals surface area contributed by atoms with Crippen molar-refractivity contribution in [1.29, 1.82) is 0 Å². The summed E-state index contributed by atoms with van der Waals surface area (Å²) in [6.07, 6.45) is 33.0. The third-order valence-corrected chi connectivity index (χ3v) is 6.82. The van der Waals surface area contributed by atoms with Crippen LogP contribution in [-0.4, -0.2) is 51.0 Å². The average Bonchev–Trinajstić information content (AvgIpc) is 2.84. The fraction of sp³-hybridized carbons (Fsp3) is 0.875. The molecule has 3 heteroatoms. The predicted molar refractivity (Wildman–Crippen MR) is 156 cm³/mol. The number of allylic oxidation sites excluding steroid dienone is 4. The third-order valence-electron chi connectivity index (χ3n) is 6.82. The van der Waals surface area contributed by atoms with Crippen molar-refractivity contribution >= 4 is 0 Å². The molecule has 0 N–H and O–H groups in total. The smallest absolute Gasteiger partial charge is 0.0647 e. The fourth-order valence-electron chi connectivity index (χ4n) is 4.15. The van der Waals surface area contributed by atoms with Crippen LogP contribution >= 0.6 is 0 Å². The lowest BCUT2D eigenvalue weighted by molar-refractivity contribution is -0.00924. The van der Waals surface area contributed by atoms with Gasteiger partial charge in [0.05, 0.1) is 25.4 Å². The molecule has 0 rings (SSSR count). The van der Waals surface area contributed by atoms with Gasteiger partial charge in [-0.25, -0.2) is 0 Å². The van der Waals surface area contributed by atoms with E-state index < -0.39 is 0 Å². The van der Waals surface area contributed by atoms with Crippen LogP contribution in [0.1, 0.15) is 136 Å². The van der Waals surface area contributed by atoms with Crippen LogP contribution in [0, 0.1) is 0 Å². The van der Waals surface area contributed by atoms with Gasteiger partial charge in [0, 0.05) is 6.61 Å². The van der Waals surface area contributed by atoms with Crippen molar-refractivity contribution in [2.45, 2.75) is 148 Å². The molecule has 3 nitrogen and oxygen atoms in total. The Morgan fingerprint density at radius 1 is 0.629 bits per heavy atom. The largest absolute Gasteiger partial charge is 0.380 e. The van der Waals surface area contributed by atoms with Gasteiger partial charge in [-0.15, -0.1) is 0 Å². The van der Waals surface area contributed by atoms with E-state index in [-0.39, 0.29) is 0 Å². The Bertz CT molecular complexity index is 460. The topological polar surface area (TPSA) is 21.7 Å². The van der Waals surface area contributed by atoms with Crippen LogP contribution in [0.2, 0.25) is 0 Å². The molecule has 0 bridgehead atoms. The van der Waals surface area contributed by atoms with Crippen molar-refractivity contribution in [2.24, 2.45) is 0 Å². The summed E-state index contributed by atoms with van der Waals surface area (Å²) in [5.41, 5.74) is 0. The number of hydrogen-bond acceptors (Lipinski definition) is 3. The summed E-state index contributed by atoms with van der Waals surface area (Å²) in [6, 6.07) is 0.349. The summed E-state index contributed by atoms with van der Waals surface area (Å²) in [6.45, 7) is 9.18. The van der Waals surface area contributed by atoms with E-state index in [1.807, 2.05) is 0 Å². The van der Waals surface area contributed by atoms with E-state index in [2.05, 4.69) is 64.1 Å². The minimum absolute atomic E-state index is 0.349. The molecule has 1 unspecified atom stereocenters. The first kappa shape index (κ1) is 34.4. The molecule has 0 radical (unpaired) electrons. The van der Waals surface area contributed by atoms with Gasteiger partial charge in [-0.05, 0) is 66.0 Å². The van der Waals surface area contributed by atoms with E-state index in [4.69, 9.17) is 9.47 Å². The average molecular weight is 494 g/mol. The Morgan fingerprint density at radius 2 is 1.17 bits per heavy atom. The van der Waals surface area contributed by atoms with Crippen molar-refractivity contribution in [3.05, 3.63) is 24.3 Å². The second-order valence-corrected chi connectivity index (χ2v) is 10.6. The number of rotatable bonds is 27. The number of unbranched alkanes of at least 4 members (excludes halogenated alkanes) is 13. The lowest BCUT2D eigenvalue weighted by Gasteiger charge is -2.26. The van der Waals surface area contributed by atoms with E-state index in [0.29, 0.717) is 12.1 Å². The number of likely N-dealkylation sites (N-methyl/N-ethyl adjacent to an activating group) is 1. The molecule has 0 saturated heterocycles. The predicted octanol–water partition coefficient (Wildman–Crippen LogP) is 9.51. The van der Waals surface area contributed by atoms with E-state index in [0.717, 1.165) is 26.2 Å². The molecule has 0 aromatic rings. The summed E-state index contributed by atoms with van der Waals surface area (Å²) in [4.78, 5) is 2.24.